The van der Waals surface area contributed by atoms with Crippen LogP contribution in [0.25, 0.3) is 0 Å². The van der Waals surface area contributed by atoms with Crippen LogP contribution in [0.4, 0.5) is 10.6 Å². The van der Waals surface area contributed by atoms with Crippen molar-refractivity contribution in [2.24, 2.45) is 17.6 Å². The summed E-state index contributed by atoms with van der Waals surface area (Å²) in [7, 11) is 0. The van der Waals surface area contributed by atoms with Crippen molar-refractivity contribution in [3.05, 3.63) is 54.0 Å². The van der Waals surface area contributed by atoms with E-state index in [2.05, 4.69) is 31.2 Å². The number of amides is 2. The SMILES string of the molecule is CC(C)(C)OC(=O)Nc1cc(CN2CCC(C(=O)N3CCC(C(CN)c4ccccn4)CC3)CC2)ccn1. The van der Waals surface area contributed by atoms with Gasteiger partial charge in [-0.25, -0.2) is 9.78 Å². The molecule has 38 heavy (non-hydrogen) atoms. The molecule has 0 bridgehead atoms. The van der Waals surface area contributed by atoms with Gasteiger partial charge < -0.3 is 15.4 Å². The van der Waals surface area contributed by atoms with Crippen LogP contribution < -0.4 is 11.1 Å². The Morgan fingerprint density at radius 1 is 1.05 bits per heavy atom. The molecule has 4 heterocycles. The maximum absolute atomic E-state index is 13.3. The van der Waals surface area contributed by atoms with Crippen LogP contribution in [-0.4, -0.2) is 70.1 Å². The van der Waals surface area contributed by atoms with Gasteiger partial charge in [-0.05, 0) is 95.3 Å². The molecule has 2 aromatic rings. The van der Waals surface area contributed by atoms with Crippen molar-refractivity contribution < 1.29 is 14.3 Å². The van der Waals surface area contributed by atoms with Gasteiger partial charge in [0.1, 0.15) is 11.4 Å². The quantitative estimate of drug-likeness (QED) is 0.565. The van der Waals surface area contributed by atoms with Crippen LogP contribution in [0.2, 0.25) is 0 Å². The number of aromatic nitrogens is 2. The number of nitrogens with one attached hydrogen (secondary N) is 1. The van der Waals surface area contributed by atoms with Gasteiger partial charge in [0.15, 0.2) is 0 Å². The number of nitrogens with two attached hydrogens (primary N) is 1. The van der Waals surface area contributed by atoms with E-state index in [9.17, 15) is 9.59 Å². The van der Waals surface area contributed by atoms with Gasteiger partial charge in [0.05, 0.1) is 0 Å². The molecule has 0 saturated carbocycles. The van der Waals surface area contributed by atoms with E-state index < -0.39 is 11.7 Å². The summed E-state index contributed by atoms with van der Waals surface area (Å²) in [6.45, 7) is 10.2. The van der Waals surface area contributed by atoms with Gasteiger partial charge in [-0.15, -0.1) is 0 Å². The second-order valence-corrected chi connectivity index (χ2v) is 11.5. The lowest BCUT2D eigenvalue weighted by atomic mass is 9.81. The predicted molar refractivity (Wildman–Crippen MR) is 147 cm³/mol. The van der Waals surface area contributed by atoms with E-state index >= 15 is 0 Å². The molecule has 0 radical (unpaired) electrons. The molecule has 9 heteroatoms. The molecule has 2 saturated heterocycles. The molecule has 1 unspecified atom stereocenters. The van der Waals surface area contributed by atoms with E-state index in [4.69, 9.17) is 10.5 Å². The molecule has 2 aromatic heterocycles. The highest BCUT2D eigenvalue weighted by Crippen LogP contribution is 2.32. The molecular formula is C29H42N6O3. The molecule has 0 aliphatic carbocycles. The lowest BCUT2D eigenvalue weighted by molar-refractivity contribution is -0.138. The molecule has 206 valence electrons. The summed E-state index contributed by atoms with van der Waals surface area (Å²) in [5, 5.41) is 2.71. The smallest absolute Gasteiger partial charge is 0.413 e. The zero-order chi connectivity index (χ0) is 27.1. The van der Waals surface area contributed by atoms with Crippen molar-refractivity contribution in [3.63, 3.8) is 0 Å². The first-order valence-corrected chi connectivity index (χ1v) is 13.8. The Kier molecular flexibility index (Phi) is 9.33. The number of likely N-dealkylation sites (tertiary alicyclic amines) is 2. The number of pyridine rings is 2. The summed E-state index contributed by atoms with van der Waals surface area (Å²) >= 11 is 0. The number of piperidine rings is 2. The minimum atomic E-state index is -0.564. The zero-order valence-corrected chi connectivity index (χ0v) is 22.9. The highest BCUT2D eigenvalue weighted by Gasteiger charge is 2.33. The first kappa shape index (κ1) is 28.0. The number of hydrogen-bond acceptors (Lipinski definition) is 7. The number of hydrogen-bond donors (Lipinski definition) is 2. The molecule has 9 nitrogen and oxygen atoms in total. The van der Waals surface area contributed by atoms with E-state index in [1.54, 1.807) is 6.20 Å². The van der Waals surface area contributed by atoms with Crippen molar-refractivity contribution in [1.29, 1.82) is 0 Å². The van der Waals surface area contributed by atoms with Gasteiger partial charge >= 0.3 is 6.09 Å². The summed E-state index contributed by atoms with van der Waals surface area (Å²) < 4.78 is 5.31. The summed E-state index contributed by atoms with van der Waals surface area (Å²) in [6, 6.07) is 9.85. The van der Waals surface area contributed by atoms with Gasteiger partial charge in [-0.3, -0.25) is 20.0 Å². The second-order valence-electron chi connectivity index (χ2n) is 11.5. The first-order valence-electron chi connectivity index (χ1n) is 13.8. The molecule has 0 spiro atoms. The third-order valence-electron chi connectivity index (χ3n) is 7.54. The Morgan fingerprint density at radius 2 is 1.79 bits per heavy atom. The Morgan fingerprint density at radius 3 is 2.42 bits per heavy atom. The van der Waals surface area contributed by atoms with Crippen LogP contribution in [0, 0.1) is 11.8 Å². The summed E-state index contributed by atoms with van der Waals surface area (Å²) in [6.07, 6.45) is 6.71. The molecule has 2 fully saturated rings. The van der Waals surface area contributed by atoms with E-state index in [0.29, 0.717) is 24.2 Å². The Hall–Kier alpha value is -3.04. The van der Waals surface area contributed by atoms with Gasteiger partial charge in [-0.2, -0.15) is 0 Å². The number of rotatable bonds is 7. The minimum absolute atomic E-state index is 0.0886. The molecular weight excluding hydrogens is 480 g/mol. The van der Waals surface area contributed by atoms with Gasteiger partial charge in [-0.1, -0.05) is 6.07 Å². The van der Waals surface area contributed by atoms with Crippen molar-refractivity contribution in [2.45, 2.75) is 64.5 Å². The fourth-order valence-corrected chi connectivity index (χ4v) is 5.58. The summed E-state index contributed by atoms with van der Waals surface area (Å²) in [4.78, 5) is 38.6. The number of ether oxygens (including phenoxy) is 1. The normalized spacial score (nSPS) is 18.7. The standard InChI is InChI=1S/C29H42N6O3/c1-29(2,3)38-28(37)33-26-18-21(7-13-32-26)20-34-14-8-23(9-15-34)27(36)35-16-10-22(11-17-35)24(19-30)25-6-4-5-12-31-25/h4-7,12-13,18,22-24H,8-11,14-17,19-20,30H2,1-3H3,(H,32,33,37). The molecule has 4 rings (SSSR count). The van der Waals surface area contributed by atoms with Crippen LogP contribution in [-0.2, 0) is 16.1 Å². The lowest BCUT2D eigenvalue weighted by Gasteiger charge is -2.39. The fraction of sp³-hybridized carbons (Fsp3) is 0.586. The van der Waals surface area contributed by atoms with Crippen molar-refractivity contribution in [1.82, 2.24) is 19.8 Å². The average molecular weight is 523 g/mol. The fourth-order valence-electron chi connectivity index (χ4n) is 5.58. The van der Waals surface area contributed by atoms with Crippen LogP contribution in [0.15, 0.2) is 42.7 Å². The molecule has 2 aliphatic rings. The largest absolute Gasteiger partial charge is 0.444 e. The monoisotopic (exact) mass is 522 g/mol. The first-order chi connectivity index (χ1) is 18.2. The van der Waals surface area contributed by atoms with E-state index in [1.807, 2.05) is 51.2 Å². The maximum atomic E-state index is 13.3. The molecule has 0 aromatic carbocycles. The topological polar surface area (TPSA) is 114 Å². The van der Waals surface area contributed by atoms with Crippen LogP contribution in [0.3, 0.4) is 0 Å². The van der Waals surface area contributed by atoms with Gasteiger partial charge in [0.2, 0.25) is 5.91 Å². The van der Waals surface area contributed by atoms with Crippen molar-refractivity contribution in [3.8, 4) is 0 Å². The maximum Gasteiger partial charge on any atom is 0.413 e. The zero-order valence-electron chi connectivity index (χ0n) is 22.9. The van der Waals surface area contributed by atoms with Crippen LogP contribution in [0.1, 0.15) is 63.6 Å². The van der Waals surface area contributed by atoms with Crippen LogP contribution in [0.5, 0.6) is 0 Å². The second kappa shape index (κ2) is 12.7. The summed E-state index contributed by atoms with van der Waals surface area (Å²) in [5.41, 5.74) is 7.68. The third kappa shape index (κ3) is 7.74. The van der Waals surface area contributed by atoms with Gasteiger partial charge in [0.25, 0.3) is 0 Å². The Balaban J connectivity index is 1.22. The number of carbonyl (C=O) groups excluding carboxylic acids is 2. The van der Waals surface area contributed by atoms with Crippen molar-refractivity contribution >= 4 is 17.8 Å². The van der Waals surface area contributed by atoms with Gasteiger partial charge in [0, 0.05) is 56.1 Å². The van der Waals surface area contributed by atoms with Crippen molar-refractivity contribution in [2.75, 3.05) is 38.0 Å². The minimum Gasteiger partial charge on any atom is -0.444 e. The Labute approximate surface area is 226 Å². The van der Waals surface area contributed by atoms with E-state index in [-0.39, 0.29) is 11.8 Å². The lowest BCUT2D eigenvalue weighted by Crippen LogP contribution is -2.46. The molecule has 2 aliphatic heterocycles. The Bertz CT molecular complexity index is 1060. The van der Waals surface area contributed by atoms with Crippen LogP contribution >= 0.6 is 0 Å². The number of nitrogens with zero attached hydrogens (tertiary/aromatic N) is 4. The highest BCUT2D eigenvalue weighted by molar-refractivity contribution is 5.83. The number of carbonyl (C=O) groups is 2. The summed E-state index contributed by atoms with van der Waals surface area (Å²) in [5.74, 6) is 1.59. The molecule has 1 atom stereocenters. The average Bonchev–Trinajstić information content (AvgIpc) is 2.89. The predicted octanol–water partition coefficient (Wildman–Crippen LogP) is 4.02. The number of anilines is 1. The highest BCUT2D eigenvalue weighted by atomic mass is 16.6. The van der Waals surface area contributed by atoms with E-state index in [1.165, 1.54) is 0 Å². The molecule has 3 N–H and O–H groups in total. The van der Waals surface area contributed by atoms with E-state index in [0.717, 1.165) is 69.7 Å². The molecule has 2 amide bonds. The third-order valence-corrected chi connectivity index (χ3v) is 7.54.